The van der Waals surface area contributed by atoms with Crippen molar-refractivity contribution >= 4 is 45.4 Å². The van der Waals surface area contributed by atoms with Crippen molar-refractivity contribution in [2.45, 2.75) is 24.7 Å². The Morgan fingerprint density at radius 1 is 1.12 bits per heavy atom. The molecule has 26 heavy (non-hydrogen) atoms. The summed E-state index contributed by atoms with van der Waals surface area (Å²) in [6, 6.07) is 15.5. The Bertz CT molecular complexity index is 1020. The first-order chi connectivity index (χ1) is 12.4. The van der Waals surface area contributed by atoms with Crippen LogP contribution in [-0.4, -0.2) is 10.6 Å². The van der Waals surface area contributed by atoms with Crippen LogP contribution < -0.4 is 10.9 Å². The maximum Gasteiger partial charge on any atom is 0.349 e. The highest BCUT2D eigenvalue weighted by Gasteiger charge is 2.24. The van der Waals surface area contributed by atoms with Gasteiger partial charge in [0.1, 0.15) is 11.3 Å². The minimum absolute atomic E-state index is 0.169. The summed E-state index contributed by atoms with van der Waals surface area (Å²) in [5, 5.41) is 5.44. The van der Waals surface area contributed by atoms with E-state index in [4.69, 9.17) is 27.6 Å². The monoisotopic (exact) mass is 389 g/mol. The molecule has 0 spiro atoms. The molecule has 0 aliphatic carbocycles. The standard InChI is InChI=1S/C20H17Cl2NO3/c1-11-10-16(17(20(25)26-11)18(24)19(21)22)23-12(2)14-9-5-7-13-6-3-4-8-15(13)14/h3-10,12,19,23H,1-2H3/t12-/m0/s1. The first-order valence-electron chi connectivity index (χ1n) is 8.10. The zero-order valence-corrected chi connectivity index (χ0v) is 15.8. The van der Waals surface area contributed by atoms with Gasteiger partial charge >= 0.3 is 5.63 Å². The molecule has 6 heteroatoms. The molecule has 2 aromatic carbocycles. The highest BCUT2D eigenvalue weighted by Crippen LogP contribution is 2.28. The van der Waals surface area contributed by atoms with Crippen LogP contribution in [0.5, 0.6) is 0 Å². The van der Waals surface area contributed by atoms with Gasteiger partial charge in [-0.05, 0) is 30.2 Å². The van der Waals surface area contributed by atoms with Crippen LogP contribution in [0.15, 0.2) is 57.7 Å². The molecule has 0 bridgehead atoms. The highest BCUT2D eigenvalue weighted by molar-refractivity contribution is 6.55. The smallest absolute Gasteiger partial charge is 0.349 e. The van der Waals surface area contributed by atoms with Gasteiger partial charge in [0.15, 0.2) is 4.84 Å². The van der Waals surface area contributed by atoms with Gasteiger partial charge in [-0.25, -0.2) is 4.79 Å². The van der Waals surface area contributed by atoms with Crippen molar-refractivity contribution < 1.29 is 9.21 Å². The summed E-state index contributed by atoms with van der Waals surface area (Å²) in [6.45, 7) is 3.60. The summed E-state index contributed by atoms with van der Waals surface area (Å²) in [5.41, 5.74) is 0.475. The van der Waals surface area contributed by atoms with Crippen LogP contribution in [0.25, 0.3) is 10.8 Å². The third kappa shape index (κ3) is 3.62. The summed E-state index contributed by atoms with van der Waals surface area (Å²) < 4.78 is 5.04. The zero-order chi connectivity index (χ0) is 18.8. The van der Waals surface area contributed by atoms with E-state index in [0.29, 0.717) is 11.4 Å². The first kappa shape index (κ1) is 18.5. The van der Waals surface area contributed by atoms with Crippen molar-refractivity contribution in [3.05, 3.63) is 75.8 Å². The van der Waals surface area contributed by atoms with Crippen LogP contribution in [0.1, 0.15) is 34.6 Å². The van der Waals surface area contributed by atoms with Gasteiger partial charge < -0.3 is 9.73 Å². The molecule has 3 rings (SSSR count). The van der Waals surface area contributed by atoms with E-state index in [2.05, 4.69) is 5.32 Å². The number of carbonyl (C=O) groups excluding carboxylic acids is 1. The highest BCUT2D eigenvalue weighted by atomic mass is 35.5. The Balaban J connectivity index is 2.05. The summed E-state index contributed by atoms with van der Waals surface area (Å²) in [6.07, 6.45) is 0. The third-order valence-corrected chi connectivity index (χ3v) is 4.58. The van der Waals surface area contributed by atoms with Crippen molar-refractivity contribution in [1.82, 2.24) is 0 Å². The van der Waals surface area contributed by atoms with E-state index >= 15 is 0 Å². The van der Waals surface area contributed by atoms with E-state index < -0.39 is 16.2 Å². The Morgan fingerprint density at radius 3 is 2.54 bits per heavy atom. The number of rotatable bonds is 5. The molecule has 3 aromatic rings. The molecule has 1 heterocycles. The van der Waals surface area contributed by atoms with E-state index in [0.717, 1.165) is 16.3 Å². The fourth-order valence-electron chi connectivity index (χ4n) is 3.01. The molecule has 0 amide bonds. The summed E-state index contributed by atoms with van der Waals surface area (Å²) in [7, 11) is 0. The number of Topliss-reactive ketones (excluding diaryl/α,β-unsaturated/α-hetero) is 1. The van der Waals surface area contributed by atoms with Crippen molar-refractivity contribution in [2.24, 2.45) is 0 Å². The maximum atomic E-state index is 12.3. The molecule has 0 aliphatic rings. The number of carbonyl (C=O) groups is 1. The molecular formula is C20H17Cl2NO3. The number of aryl methyl sites for hydroxylation is 1. The molecule has 1 atom stereocenters. The van der Waals surface area contributed by atoms with Gasteiger partial charge in [0.05, 0.1) is 5.69 Å². The Morgan fingerprint density at radius 2 is 1.81 bits per heavy atom. The lowest BCUT2D eigenvalue weighted by atomic mass is 9.99. The molecule has 1 N–H and O–H groups in total. The minimum atomic E-state index is -1.34. The van der Waals surface area contributed by atoms with Gasteiger partial charge in [0, 0.05) is 12.1 Å². The second-order valence-corrected chi connectivity index (χ2v) is 7.13. The maximum absolute atomic E-state index is 12.3. The Hall–Kier alpha value is -2.30. The van der Waals surface area contributed by atoms with Crippen molar-refractivity contribution in [3.8, 4) is 0 Å². The van der Waals surface area contributed by atoms with Crippen LogP contribution in [0.4, 0.5) is 5.69 Å². The quantitative estimate of drug-likeness (QED) is 0.477. The molecule has 134 valence electrons. The lowest BCUT2D eigenvalue weighted by Crippen LogP contribution is -2.23. The molecule has 0 aliphatic heterocycles. The van der Waals surface area contributed by atoms with E-state index in [1.54, 1.807) is 13.0 Å². The number of nitrogens with one attached hydrogen (secondary N) is 1. The lowest BCUT2D eigenvalue weighted by Gasteiger charge is -2.19. The molecule has 4 nitrogen and oxygen atoms in total. The largest absolute Gasteiger partial charge is 0.428 e. The summed E-state index contributed by atoms with van der Waals surface area (Å²) in [5.74, 6) is -0.297. The number of fused-ring (bicyclic) bond motifs is 1. The molecule has 1 aromatic heterocycles. The zero-order valence-electron chi connectivity index (χ0n) is 14.3. The molecular weight excluding hydrogens is 373 g/mol. The number of halogens is 2. The molecule has 0 fully saturated rings. The number of hydrogen-bond donors (Lipinski definition) is 1. The van der Waals surface area contributed by atoms with Gasteiger partial charge in [-0.2, -0.15) is 0 Å². The number of hydrogen-bond acceptors (Lipinski definition) is 4. The number of benzene rings is 2. The van der Waals surface area contributed by atoms with Crippen molar-refractivity contribution in [1.29, 1.82) is 0 Å². The lowest BCUT2D eigenvalue weighted by molar-refractivity contribution is 0.100. The molecule has 0 radical (unpaired) electrons. The predicted molar refractivity (Wildman–Crippen MR) is 106 cm³/mol. The van der Waals surface area contributed by atoms with Crippen LogP contribution in [-0.2, 0) is 0 Å². The van der Waals surface area contributed by atoms with E-state index in [1.165, 1.54) is 0 Å². The second-order valence-electron chi connectivity index (χ2n) is 6.03. The summed E-state index contributed by atoms with van der Waals surface area (Å²) in [4.78, 5) is 23.1. The van der Waals surface area contributed by atoms with Crippen LogP contribution in [0.2, 0.25) is 0 Å². The predicted octanol–water partition coefficient (Wildman–Crippen LogP) is 5.26. The SMILES string of the molecule is Cc1cc(N[C@@H](C)c2cccc3ccccc23)c(C(=O)C(Cl)Cl)c(=O)o1. The van der Waals surface area contributed by atoms with Gasteiger partial charge in [0.2, 0.25) is 5.78 Å². The van der Waals surface area contributed by atoms with Gasteiger partial charge in [-0.3, -0.25) is 4.79 Å². The van der Waals surface area contributed by atoms with Gasteiger partial charge in [-0.1, -0.05) is 65.7 Å². The molecule has 0 saturated heterocycles. The molecule has 0 unspecified atom stereocenters. The van der Waals surface area contributed by atoms with Crippen molar-refractivity contribution in [2.75, 3.05) is 5.32 Å². The fraction of sp³-hybridized carbons (Fsp3) is 0.200. The second kappa shape index (κ2) is 7.52. The Kier molecular flexibility index (Phi) is 5.35. The normalized spacial score (nSPS) is 12.3. The van der Waals surface area contributed by atoms with Crippen molar-refractivity contribution in [3.63, 3.8) is 0 Å². The van der Waals surface area contributed by atoms with Crippen LogP contribution >= 0.6 is 23.2 Å². The molecule has 0 saturated carbocycles. The fourth-order valence-corrected chi connectivity index (χ4v) is 3.23. The Labute approximate surface area is 160 Å². The van der Waals surface area contributed by atoms with Gasteiger partial charge in [-0.15, -0.1) is 0 Å². The third-order valence-electron chi connectivity index (χ3n) is 4.18. The number of alkyl halides is 2. The topological polar surface area (TPSA) is 59.3 Å². The van der Waals surface area contributed by atoms with Crippen LogP contribution in [0.3, 0.4) is 0 Å². The average molecular weight is 390 g/mol. The van der Waals surface area contributed by atoms with Gasteiger partial charge in [0.25, 0.3) is 0 Å². The number of anilines is 1. The van der Waals surface area contributed by atoms with Crippen LogP contribution in [0, 0.1) is 6.92 Å². The summed E-state index contributed by atoms with van der Waals surface area (Å²) >= 11 is 11.4. The van der Waals surface area contributed by atoms with E-state index in [-0.39, 0.29) is 11.6 Å². The minimum Gasteiger partial charge on any atom is -0.428 e. The van der Waals surface area contributed by atoms with E-state index in [1.807, 2.05) is 49.4 Å². The first-order valence-corrected chi connectivity index (χ1v) is 8.97. The number of ketones is 1. The van der Waals surface area contributed by atoms with E-state index in [9.17, 15) is 9.59 Å². The average Bonchev–Trinajstić information content (AvgIpc) is 2.60.